The number of carbonyl (C=O) groups excluding carboxylic acids is 1. The van der Waals surface area contributed by atoms with Crippen LogP contribution in [0.15, 0.2) is 93.2 Å². The first-order valence-electron chi connectivity index (χ1n) is 30.7. The number of anilines is 1. The SMILES string of the molecule is CCCN(CC#CCNC(=NCCOCCOCCOCCOCCOCCOCCOCCOCCOCCOCCC(=O)Oc1c(F)c(F)cc(F)c1F)Nc1cccc(C#N)c1)CC1=Cc2ccc(-c3cccc(S(=O)(=O)N4CC(CO)C4)c3)cc2N=C(N)C1. The van der Waals surface area contributed by atoms with E-state index in [0.717, 1.165) is 35.2 Å². The number of carbonyl (C=O) groups is 1. The molecule has 93 heavy (non-hydrogen) atoms. The van der Waals surface area contributed by atoms with Crippen LogP contribution in [0, 0.1) is 52.4 Å². The van der Waals surface area contributed by atoms with E-state index in [1.165, 1.54) is 4.31 Å². The average molecular weight is 1330 g/mol. The van der Waals surface area contributed by atoms with E-state index >= 15 is 0 Å². The number of aliphatic imine (C=N–C) groups is 2. The summed E-state index contributed by atoms with van der Waals surface area (Å²) in [4.78, 5) is 23.7. The van der Waals surface area contributed by atoms with E-state index in [1.807, 2.05) is 30.3 Å². The maximum Gasteiger partial charge on any atom is 0.313 e. The zero-order valence-electron chi connectivity index (χ0n) is 52.4. The highest BCUT2D eigenvalue weighted by Crippen LogP contribution is 2.34. The summed E-state index contributed by atoms with van der Waals surface area (Å²) in [6.07, 6.45) is 3.12. The molecule has 23 nitrogen and oxygen atoms in total. The lowest BCUT2D eigenvalue weighted by atomic mass is 10.0. The van der Waals surface area contributed by atoms with Crippen molar-refractivity contribution in [2.75, 3.05) is 190 Å². The van der Waals surface area contributed by atoms with Gasteiger partial charge in [0.2, 0.25) is 27.4 Å². The van der Waals surface area contributed by atoms with Crippen molar-refractivity contribution in [2.45, 2.75) is 31.1 Å². The number of amidine groups is 1. The van der Waals surface area contributed by atoms with Gasteiger partial charge >= 0.3 is 5.97 Å². The zero-order valence-corrected chi connectivity index (χ0v) is 53.2. The van der Waals surface area contributed by atoms with Gasteiger partial charge in [-0.2, -0.15) is 18.3 Å². The van der Waals surface area contributed by atoms with Crippen molar-refractivity contribution in [3.63, 3.8) is 0 Å². The van der Waals surface area contributed by atoms with Gasteiger partial charge in [-0.3, -0.25) is 14.7 Å². The van der Waals surface area contributed by atoms with Gasteiger partial charge in [0.1, 0.15) is 5.84 Å². The molecule has 28 heteroatoms. The van der Waals surface area contributed by atoms with Crippen LogP contribution < -0.4 is 21.1 Å². The third kappa shape index (κ3) is 27.9. The van der Waals surface area contributed by atoms with Gasteiger partial charge in [0.25, 0.3) is 0 Å². The van der Waals surface area contributed by atoms with Gasteiger partial charge in [-0.15, -0.1) is 0 Å². The summed E-state index contributed by atoms with van der Waals surface area (Å²) >= 11 is 0. The molecule has 4 aromatic carbocycles. The molecule has 0 spiro atoms. The quantitative estimate of drug-likeness (QED) is 0.00568. The minimum absolute atomic E-state index is 0.0140. The largest absolute Gasteiger partial charge is 0.420 e. The van der Waals surface area contributed by atoms with Crippen molar-refractivity contribution in [3.05, 3.63) is 113 Å². The van der Waals surface area contributed by atoms with Gasteiger partial charge in [-0.1, -0.05) is 55.2 Å². The molecule has 2 aliphatic rings. The molecule has 0 radical (unpaired) electrons. The number of guanidine groups is 1. The van der Waals surface area contributed by atoms with Gasteiger partial charge in [-0.05, 0) is 66.1 Å². The van der Waals surface area contributed by atoms with Crippen LogP contribution in [0.5, 0.6) is 5.75 Å². The summed E-state index contributed by atoms with van der Waals surface area (Å²) in [6.45, 7) is 11.9. The predicted molar refractivity (Wildman–Crippen MR) is 339 cm³/mol. The van der Waals surface area contributed by atoms with Crippen molar-refractivity contribution >= 4 is 45.2 Å². The lowest BCUT2D eigenvalue weighted by Crippen LogP contribution is -2.51. The molecule has 4 aromatic rings. The Bertz CT molecular complexity index is 3230. The molecule has 0 amide bonds. The van der Waals surface area contributed by atoms with Crippen molar-refractivity contribution < 1.29 is 88.0 Å². The fourth-order valence-electron chi connectivity index (χ4n) is 8.94. The fourth-order valence-corrected chi connectivity index (χ4v) is 10.6. The Hall–Kier alpha value is -6.97. The van der Waals surface area contributed by atoms with Crippen LogP contribution in [0.2, 0.25) is 0 Å². The number of ether oxygens (including phenoxy) is 11. The second-order valence-electron chi connectivity index (χ2n) is 20.9. The Morgan fingerprint density at radius 1 is 0.720 bits per heavy atom. The number of rotatable bonds is 45. The van der Waals surface area contributed by atoms with Crippen LogP contribution in [-0.4, -0.2) is 225 Å². The second kappa shape index (κ2) is 43.1. The van der Waals surface area contributed by atoms with Crippen LogP contribution in [0.1, 0.15) is 37.3 Å². The highest BCUT2D eigenvalue weighted by molar-refractivity contribution is 7.89. The molecule has 2 aliphatic heterocycles. The summed E-state index contributed by atoms with van der Waals surface area (Å²) in [6, 6.07) is 22.0. The van der Waals surface area contributed by atoms with Crippen LogP contribution in [-0.2, 0) is 62.2 Å². The molecule has 0 bridgehead atoms. The van der Waals surface area contributed by atoms with E-state index in [2.05, 4.69) is 56.2 Å². The Morgan fingerprint density at radius 2 is 1.27 bits per heavy atom. The number of esters is 1. The molecular weight excluding hydrogens is 1240 g/mol. The first kappa shape index (κ1) is 75.1. The number of halogens is 4. The summed E-state index contributed by atoms with van der Waals surface area (Å²) in [5.41, 5.74) is 12.0. The van der Waals surface area contributed by atoms with Gasteiger partial charge in [0.05, 0.1) is 180 Å². The van der Waals surface area contributed by atoms with Crippen LogP contribution in [0.25, 0.3) is 17.2 Å². The highest BCUT2D eigenvalue weighted by atomic mass is 32.2. The molecule has 1 saturated heterocycles. The number of hydrogen-bond acceptors (Lipinski definition) is 20. The molecule has 0 unspecified atom stereocenters. The van der Waals surface area contributed by atoms with Gasteiger partial charge < -0.3 is 73.6 Å². The Balaban J connectivity index is 0.742. The number of nitrogens with zero attached hydrogens (tertiary/aromatic N) is 5. The van der Waals surface area contributed by atoms with Gasteiger partial charge in [0.15, 0.2) is 17.6 Å². The Labute approximate surface area is 541 Å². The number of sulfonamides is 1. The van der Waals surface area contributed by atoms with Crippen molar-refractivity contribution in [1.82, 2.24) is 14.5 Å². The molecule has 0 aliphatic carbocycles. The monoisotopic (exact) mass is 1320 g/mol. The smallest absolute Gasteiger partial charge is 0.313 e. The summed E-state index contributed by atoms with van der Waals surface area (Å²) in [5, 5.41) is 25.4. The van der Waals surface area contributed by atoms with Crippen molar-refractivity contribution in [1.29, 1.82) is 5.26 Å². The molecule has 0 atom stereocenters. The first-order chi connectivity index (χ1) is 45.3. The number of aliphatic hydroxyl groups excluding tert-OH is 1. The van der Waals surface area contributed by atoms with Gasteiger partial charge in [0, 0.05) is 55.9 Å². The molecular formula is C65H84F4N8O15S. The number of hydrogen-bond donors (Lipinski definition) is 4. The lowest BCUT2D eigenvalue weighted by Gasteiger charge is -2.36. The lowest BCUT2D eigenvalue weighted by molar-refractivity contribution is -0.136. The minimum atomic E-state index is -3.68. The van der Waals surface area contributed by atoms with Crippen molar-refractivity contribution in [2.24, 2.45) is 21.6 Å². The average Bonchev–Trinajstić information content (AvgIpc) is 0.919. The zero-order chi connectivity index (χ0) is 66.3. The van der Waals surface area contributed by atoms with Crippen LogP contribution in [0.3, 0.4) is 0 Å². The molecule has 1 fully saturated rings. The Morgan fingerprint density at radius 3 is 1.83 bits per heavy atom. The normalized spacial score (nSPS) is 13.5. The number of fused-ring (bicyclic) bond motifs is 1. The van der Waals surface area contributed by atoms with Crippen molar-refractivity contribution in [3.8, 4) is 34.8 Å². The second-order valence-corrected chi connectivity index (χ2v) is 22.8. The summed E-state index contributed by atoms with van der Waals surface area (Å²) < 4.78 is 141. The molecule has 508 valence electrons. The molecule has 0 aromatic heterocycles. The minimum Gasteiger partial charge on any atom is -0.420 e. The summed E-state index contributed by atoms with van der Waals surface area (Å²) in [5.74, 6) is -2.09. The third-order valence-electron chi connectivity index (χ3n) is 13.6. The van der Waals surface area contributed by atoms with E-state index in [9.17, 15) is 41.1 Å². The maximum absolute atomic E-state index is 13.6. The van der Waals surface area contributed by atoms with Crippen LogP contribution >= 0.6 is 0 Å². The highest BCUT2D eigenvalue weighted by Gasteiger charge is 2.36. The van der Waals surface area contributed by atoms with E-state index in [0.29, 0.717) is 180 Å². The van der Waals surface area contributed by atoms with E-state index in [4.69, 9.17) is 58.1 Å². The van der Waals surface area contributed by atoms with E-state index in [-0.39, 0.29) is 49.9 Å². The number of nitrogens with one attached hydrogen (secondary N) is 2. The summed E-state index contributed by atoms with van der Waals surface area (Å²) in [7, 11) is -3.68. The number of benzene rings is 4. The first-order valence-corrected chi connectivity index (χ1v) is 32.1. The third-order valence-corrected chi connectivity index (χ3v) is 15.5. The predicted octanol–water partition coefficient (Wildman–Crippen LogP) is 6.11. The molecule has 2 heterocycles. The van der Waals surface area contributed by atoms with E-state index < -0.39 is 51.4 Å². The number of aliphatic hydroxyl groups is 1. The van der Waals surface area contributed by atoms with Crippen LogP contribution in [0.4, 0.5) is 28.9 Å². The molecule has 5 N–H and O–H groups in total. The Kier molecular flexibility index (Phi) is 34.8. The van der Waals surface area contributed by atoms with E-state index in [1.54, 1.807) is 36.4 Å². The maximum atomic E-state index is 13.6. The standard InChI is InChI=1S/C65H84F4N8O15S/c1-2-16-76(45-50-38-54-12-11-53(42-59(54)75-60(71)40-50)52-8-6-10-56(41-52)93(80,81)77-46-51(47-77)48-78)17-4-3-14-72-65(74-55-9-5-7-49(39-55)44-70)73-15-19-83-21-23-85-25-27-87-29-31-89-33-35-91-37-36-90-34-32-88-30-28-86-26-24-84-22-20-82-18-13-61(79)92-64-62(68)57(66)43-58(67)63(64)69/h5-12,38-39,41-43,51,78H,2,13-37,40,45-48H2,1H3,(H2,71,75)(H2,72,73,74). The molecule has 0 saturated carbocycles. The fraction of sp³-hybridized carbons (Fsp3) is 0.508. The number of nitriles is 1. The molecule has 6 rings (SSSR count). The topological polar surface area (TPSA) is 278 Å². The number of nitrogens with two attached hydrogens (primary N) is 1. The van der Waals surface area contributed by atoms with Gasteiger partial charge in [-0.25, -0.2) is 22.2 Å².